The zero-order valence-corrected chi connectivity index (χ0v) is 17.5. The molecular formula is C18H22Cl2N4O2S. The molecule has 0 saturated carbocycles. The molecule has 0 bridgehead atoms. The summed E-state index contributed by atoms with van der Waals surface area (Å²) in [4.78, 5) is 27.7. The maximum atomic E-state index is 12.4. The summed E-state index contributed by atoms with van der Waals surface area (Å²) in [6.45, 7) is 6.58. The number of likely N-dealkylation sites (N-methyl/N-ethyl adjacent to an activating group) is 1. The highest BCUT2D eigenvalue weighted by molar-refractivity contribution is 7.17. The number of anilines is 2. The summed E-state index contributed by atoms with van der Waals surface area (Å²) in [6, 6.07) is 4.82. The van der Waals surface area contributed by atoms with Crippen molar-refractivity contribution >= 4 is 58.0 Å². The summed E-state index contributed by atoms with van der Waals surface area (Å²) >= 11 is 7.42. The van der Waals surface area contributed by atoms with Gasteiger partial charge in [-0.05, 0) is 49.2 Å². The maximum Gasteiger partial charge on any atom is 0.324 e. The van der Waals surface area contributed by atoms with Crippen LogP contribution in [0, 0.1) is 6.92 Å². The number of thiophene rings is 1. The zero-order valence-electron chi connectivity index (χ0n) is 15.1. The van der Waals surface area contributed by atoms with E-state index in [0.717, 1.165) is 42.1 Å². The Morgan fingerprint density at radius 2 is 2.07 bits per heavy atom. The van der Waals surface area contributed by atoms with E-state index in [4.69, 9.17) is 17.3 Å². The van der Waals surface area contributed by atoms with E-state index in [1.807, 2.05) is 6.92 Å². The second-order valence-electron chi connectivity index (χ2n) is 6.23. The molecule has 6 nitrogen and oxygen atoms in total. The van der Waals surface area contributed by atoms with Crippen molar-refractivity contribution in [3.63, 3.8) is 0 Å². The van der Waals surface area contributed by atoms with E-state index < -0.39 is 11.9 Å². The summed E-state index contributed by atoms with van der Waals surface area (Å²) < 4.78 is 0. The Morgan fingerprint density at radius 3 is 2.70 bits per heavy atom. The number of urea groups is 1. The second-order valence-corrected chi connectivity index (χ2v) is 7.75. The lowest BCUT2D eigenvalue weighted by Gasteiger charge is -2.25. The lowest BCUT2D eigenvalue weighted by molar-refractivity contribution is 0.1000. The molecule has 0 aliphatic carbocycles. The first-order valence-corrected chi connectivity index (χ1v) is 9.59. The van der Waals surface area contributed by atoms with E-state index >= 15 is 0 Å². The van der Waals surface area contributed by atoms with Gasteiger partial charge in [0.05, 0.1) is 5.56 Å². The van der Waals surface area contributed by atoms with E-state index in [0.29, 0.717) is 21.3 Å². The highest BCUT2D eigenvalue weighted by Crippen LogP contribution is 2.37. The minimum absolute atomic E-state index is 0. The fourth-order valence-corrected chi connectivity index (χ4v) is 4.47. The smallest absolute Gasteiger partial charge is 0.324 e. The molecule has 0 unspecified atom stereocenters. The van der Waals surface area contributed by atoms with Crippen molar-refractivity contribution in [1.29, 1.82) is 0 Å². The highest BCUT2D eigenvalue weighted by atomic mass is 35.5. The molecule has 3 amide bonds. The number of primary amides is 1. The van der Waals surface area contributed by atoms with Crippen molar-refractivity contribution in [3.8, 4) is 0 Å². The number of benzene rings is 1. The molecule has 1 aromatic heterocycles. The Labute approximate surface area is 173 Å². The summed E-state index contributed by atoms with van der Waals surface area (Å²) in [5, 5.41) is 6.68. The molecule has 1 aliphatic heterocycles. The SMILES string of the molecule is CCN1CCc2c(sc(NC(=O)Nc3ccc(Cl)c(C)c3)c2C(N)=O)C1.Cl. The monoisotopic (exact) mass is 428 g/mol. The van der Waals surface area contributed by atoms with E-state index in [-0.39, 0.29) is 12.4 Å². The van der Waals surface area contributed by atoms with Gasteiger partial charge in [0.25, 0.3) is 5.91 Å². The van der Waals surface area contributed by atoms with Crippen LogP contribution in [0.1, 0.15) is 33.3 Å². The van der Waals surface area contributed by atoms with Crippen LogP contribution in [-0.4, -0.2) is 29.9 Å². The Morgan fingerprint density at radius 1 is 1.33 bits per heavy atom. The van der Waals surface area contributed by atoms with Gasteiger partial charge in [0.2, 0.25) is 0 Å². The summed E-state index contributed by atoms with van der Waals surface area (Å²) in [5.74, 6) is -0.509. The summed E-state index contributed by atoms with van der Waals surface area (Å²) in [7, 11) is 0. The van der Waals surface area contributed by atoms with E-state index in [9.17, 15) is 9.59 Å². The molecule has 9 heteroatoms. The van der Waals surface area contributed by atoms with Gasteiger partial charge in [0, 0.05) is 28.7 Å². The van der Waals surface area contributed by atoms with Gasteiger partial charge >= 0.3 is 6.03 Å². The number of rotatable bonds is 4. The van der Waals surface area contributed by atoms with Crippen LogP contribution >= 0.6 is 35.3 Å². The molecule has 146 valence electrons. The van der Waals surface area contributed by atoms with Crippen LogP contribution in [0.5, 0.6) is 0 Å². The number of hydrogen-bond acceptors (Lipinski definition) is 4. The first kappa shape index (κ1) is 21.5. The number of nitrogens with one attached hydrogen (secondary N) is 2. The van der Waals surface area contributed by atoms with Gasteiger partial charge in [-0.25, -0.2) is 4.79 Å². The largest absolute Gasteiger partial charge is 0.365 e. The average Bonchev–Trinajstić information content (AvgIpc) is 2.94. The van der Waals surface area contributed by atoms with Crippen LogP contribution < -0.4 is 16.4 Å². The molecule has 2 aromatic rings. The van der Waals surface area contributed by atoms with E-state index in [1.165, 1.54) is 11.3 Å². The standard InChI is InChI=1S/C18H21ClN4O2S.ClH/c1-3-23-7-6-12-14(9-23)26-17(15(12)16(20)24)22-18(25)21-11-4-5-13(19)10(2)8-11;/h4-5,8H,3,6-7,9H2,1-2H3,(H2,20,24)(H2,21,22,25);1H. The Hall–Kier alpha value is -1.80. The first-order valence-electron chi connectivity index (χ1n) is 8.40. The number of nitrogens with two attached hydrogens (primary N) is 1. The maximum absolute atomic E-state index is 12.4. The first-order chi connectivity index (χ1) is 12.4. The Bertz CT molecular complexity index is 869. The fraction of sp³-hybridized carbons (Fsp3) is 0.333. The summed E-state index contributed by atoms with van der Waals surface area (Å²) in [5.41, 5.74) is 8.48. The van der Waals surface area contributed by atoms with Crippen LogP contribution in [0.4, 0.5) is 15.5 Å². The van der Waals surface area contributed by atoms with Gasteiger partial charge in [-0.2, -0.15) is 0 Å². The fourth-order valence-electron chi connectivity index (χ4n) is 3.06. The van der Waals surface area contributed by atoms with Gasteiger partial charge in [0.1, 0.15) is 5.00 Å². The van der Waals surface area contributed by atoms with Crippen molar-refractivity contribution in [1.82, 2.24) is 4.90 Å². The molecule has 4 N–H and O–H groups in total. The molecule has 2 heterocycles. The number of nitrogens with zero attached hydrogens (tertiary/aromatic N) is 1. The minimum atomic E-state index is -0.509. The predicted octanol–water partition coefficient (Wildman–Crippen LogP) is 4.25. The van der Waals surface area contributed by atoms with Crippen molar-refractivity contribution < 1.29 is 9.59 Å². The zero-order chi connectivity index (χ0) is 18.8. The number of aryl methyl sites for hydroxylation is 1. The molecule has 27 heavy (non-hydrogen) atoms. The topological polar surface area (TPSA) is 87.5 Å². The Balaban J connectivity index is 0.00000261. The molecule has 0 atom stereocenters. The lowest BCUT2D eigenvalue weighted by Crippen LogP contribution is -2.30. The van der Waals surface area contributed by atoms with Gasteiger partial charge in [-0.3, -0.25) is 15.0 Å². The third-order valence-corrected chi connectivity index (χ3v) is 6.03. The van der Waals surface area contributed by atoms with Crippen molar-refractivity contribution in [2.75, 3.05) is 23.7 Å². The number of carbonyl (C=O) groups excluding carboxylic acids is 2. The molecule has 3 rings (SSSR count). The van der Waals surface area contributed by atoms with Crippen LogP contribution in [0.25, 0.3) is 0 Å². The number of halogens is 2. The number of carbonyl (C=O) groups is 2. The van der Waals surface area contributed by atoms with Gasteiger partial charge in [-0.1, -0.05) is 18.5 Å². The molecule has 0 saturated heterocycles. The molecular weight excluding hydrogens is 407 g/mol. The Kier molecular flexibility index (Phi) is 7.11. The van der Waals surface area contributed by atoms with Crippen LogP contribution in [-0.2, 0) is 13.0 Å². The van der Waals surface area contributed by atoms with Crippen molar-refractivity contribution in [2.45, 2.75) is 26.8 Å². The van der Waals surface area contributed by atoms with Gasteiger partial charge in [-0.15, -0.1) is 23.7 Å². The van der Waals surface area contributed by atoms with Crippen LogP contribution in [0.2, 0.25) is 5.02 Å². The third kappa shape index (κ3) is 4.73. The minimum Gasteiger partial charge on any atom is -0.365 e. The van der Waals surface area contributed by atoms with Crippen LogP contribution in [0.3, 0.4) is 0 Å². The molecule has 1 aliphatic rings. The quantitative estimate of drug-likeness (QED) is 0.679. The van der Waals surface area contributed by atoms with Crippen molar-refractivity contribution in [2.24, 2.45) is 5.73 Å². The molecule has 0 fully saturated rings. The summed E-state index contributed by atoms with van der Waals surface area (Å²) in [6.07, 6.45) is 0.762. The normalized spacial score (nSPS) is 13.4. The molecule has 1 aromatic carbocycles. The van der Waals surface area contributed by atoms with Gasteiger partial charge in [0.15, 0.2) is 0 Å². The third-order valence-electron chi connectivity index (χ3n) is 4.47. The number of amides is 3. The molecule has 0 radical (unpaired) electrons. The average molecular weight is 429 g/mol. The number of fused-ring (bicyclic) bond motifs is 1. The predicted molar refractivity (Wildman–Crippen MR) is 114 cm³/mol. The van der Waals surface area contributed by atoms with Gasteiger partial charge < -0.3 is 11.1 Å². The van der Waals surface area contributed by atoms with E-state index in [1.54, 1.807) is 18.2 Å². The second kappa shape index (κ2) is 8.93. The lowest BCUT2D eigenvalue weighted by atomic mass is 10.0. The van der Waals surface area contributed by atoms with Crippen molar-refractivity contribution in [3.05, 3.63) is 44.8 Å². The van der Waals surface area contributed by atoms with Crippen LogP contribution in [0.15, 0.2) is 18.2 Å². The van der Waals surface area contributed by atoms with E-state index in [2.05, 4.69) is 22.5 Å². The highest BCUT2D eigenvalue weighted by Gasteiger charge is 2.27. The number of hydrogen-bond donors (Lipinski definition) is 3. The molecule has 0 spiro atoms.